The minimum absolute atomic E-state index is 0.0452. The van der Waals surface area contributed by atoms with Crippen LogP contribution in [0.5, 0.6) is 0 Å². The number of nitrogens with two attached hydrogens (primary N) is 1. The Kier molecular flexibility index (Phi) is 5.36. The highest BCUT2D eigenvalue weighted by Gasteiger charge is 2.34. The number of thioether (sulfide) groups is 1. The van der Waals surface area contributed by atoms with Gasteiger partial charge < -0.3 is 5.73 Å². The lowest BCUT2D eigenvalue weighted by molar-refractivity contribution is 0.401. The average molecular weight is 397 g/mol. The van der Waals surface area contributed by atoms with Crippen LogP contribution in [0.15, 0.2) is 21.5 Å². The second-order valence-corrected chi connectivity index (χ2v) is 9.86. The monoisotopic (exact) mass is 396 g/mol. The van der Waals surface area contributed by atoms with E-state index in [4.69, 9.17) is 5.73 Å². The molecule has 0 saturated carbocycles. The zero-order valence-electron chi connectivity index (χ0n) is 11.8. The molecule has 1 aromatic rings. The molecule has 1 saturated heterocycles. The molecule has 0 spiro atoms. The zero-order chi connectivity index (χ0) is 15.8. The van der Waals surface area contributed by atoms with Gasteiger partial charge in [0.05, 0.1) is 0 Å². The Morgan fingerprint density at radius 2 is 1.95 bits per heavy atom. The summed E-state index contributed by atoms with van der Waals surface area (Å²) >= 11 is 4.96. The van der Waals surface area contributed by atoms with Crippen LogP contribution in [0, 0.1) is 5.82 Å². The molecule has 0 amide bonds. The van der Waals surface area contributed by atoms with Crippen molar-refractivity contribution in [2.75, 3.05) is 13.1 Å². The lowest BCUT2D eigenvalue weighted by atomic mass is 10.2. The molecular weight excluding hydrogens is 379 g/mol. The van der Waals surface area contributed by atoms with E-state index in [-0.39, 0.29) is 27.5 Å². The average Bonchev–Trinajstić information content (AvgIpc) is 2.39. The Hall–Kier alpha value is -0.150. The zero-order valence-corrected chi connectivity index (χ0v) is 15.1. The smallest absolute Gasteiger partial charge is 0.246 e. The van der Waals surface area contributed by atoms with E-state index in [0.717, 1.165) is 0 Å². The molecule has 1 heterocycles. The van der Waals surface area contributed by atoms with Crippen LogP contribution in [0.1, 0.15) is 19.4 Å². The fourth-order valence-corrected chi connectivity index (χ4v) is 6.34. The summed E-state index contributed by atoms with van der Waals surface area (Å²) in [6.45, 7) is 4.69. The Balaban J connectivity index is 2.47. The Morgan fingerprint density at radius 1 is 1.38 bits per heavy atom. The first-order valence-corrected chi connectivity index (χ1v) is 9.77. The summed E-state index contributed by atoms with van der Waals surface area (Å²) in [4.78, 5) is -0.302. The lowest BCUT2D eigenvalue weighted by Crippen LogP contribution is -2.44. The van der Waals surface area contributed by atoms with Gasteiger partial charge in [0.25, 0.3) is 0 Å². The van der Waals surface area contributed by atoms with E-state index in [2.05, 4.69) is 15.9 Å². The fourth-order valence-electron chi connectivity index (χ4n) is 2.42. The Morgan fingerprint density at radius 3 is 2.48 bits per heavy atom. The highest BCUT2D eigenvalue weighted by Crippen LogP contribution is 2.31. The van der Waals surface area contributed by atoms with Gasteiger partial charge in [0.1, 0.15) is 10.7 Å². The van der Waals surface area contributed by atoms with Crippen molar-refractivity contribution in [2.45, 2.75) is 35.8 Å². The maximum Gasteiger partial charge on any atom is 0.246 e. The molecule has 2 atom stereocenters. The van der Waals surface area contributed by atoms with Gasteiger partial charge in [0, 0.05) is 40.2 Å². The van der Waals surface area contributed by atoms with Gasteiger partial charge in [-0.1, -0.05) is 29.8 Å². The summed E-state index contributed by atoms with van der Waals surface area (Å²) in [7, 11) is -3.85. The van der Waals surface area contributed by atoms with E-state index in [0.29, 0.717) is 17.6 Å². The summed E-state index contributed by atoms with van der Waals surface area (Å²) in [5.74, 6) is -0.751. The van der Waals surface area contributed by atoms with Gasteiger partial charge in [-0.05, 0) is 12.1 Å². The summed E-state index contributed by atoms with van der Waals surface area (Å²) in [5, 5.41) is 0.375. The SMILES string of the molecule is CC1CN(S(=O)(=O)c2cc(Br)cc(CN)c2F)CC(C)S1. The van der Waals surface area contributed by atoms with Crippen molar-refractivity contribution >= 4 is 37.7 Å². The van der Waals surface area contributed by atoms with E-state index >= 15 is 0 Å². The first kappa shape index (κ1) is 17.2. The summed E-state index contributed by atoms with van der Waals surface area (Å²) in [5.41, 5.74) is 5.67. The predicted octanol–water partition coefficient (Wildman–Crippen LogP) is 2.56. The maximum absolute atomic E-state index is 14.4. The molecule has 2 rings (SSSR count). The number of hydrogen-bond donors (Lipinski definition) is 1. The molecule has 0 radical (unpaired) electrons. The summed E-state index contributed by atoms with van der Waals surface area (Å²) in [6.07, 6.45) is 0. The van der Waals surface area contributed by atoms with Crippen LogP contribution in [0.4, 0.5) is 4.39 Å². The number of benzene rings is 1. The van der Waals surface area contributed by atoms with Gasteiger partial charge in [-0.2, -0.15) is 16.1 Å². The van der Waals surface area contributed by atoms with Crippen LogP contribution in [0.2, 0.25) is 0 Å². The van der Waals surface area contributed by atoms with Gasteiger partial charge in [0.2, 0.25) is 10.0 Å². The topological polar surface area (TPSA) is 63.4 Å². The second-order valence-electron chi connectivity index (χ2n) is 5.16. The molecule has 0 aliphatic carbocycles. The van der Waals surface area contributed by atoms with E-state index < -0.39 is 15.8 Å². The molecule has 1 aliphatic rings. The van der Waals surface area contributed by atoms with Gasteiger partial charge in [0.15, 0.2) is 0 Å². The molecule has 0 aromatic heterocycles. The largest absolute Gasteiger partial charge is 0.326 e. The Labute approximate surface area is 137 Å². The van der Waals surface area contributed by atoms with E-state index in [9.17, 15) is 12.8 Å². The van der Waals surface area contributed by atoms with Crippen LogP contribution in [-0.2, 0) is 16.6 Å². The van der Waals surface area contributed by atoms with Crippen molar-refractivity contribution in [1.29, 1.82) is 0 Å². The van der Waals surface area contributed by atoms with Crippen LogP contribution in [-0.4, -0.2) is 36.3 Å². The minimum Gasteiger partial charge on any atom is -0.326 e. The molecule has 4 nitrogen and oxygen atoms in total. The second kappa shape index (κ2) is 6.54. The third-order valence-electron chi connectivity index (χ3n) is 3.30. The first-order chi connectivity index (χ1) is 9.75. The Bertz CT molecular complexity index is 629. The number of nitrogens with zero attached hydrogens (tertiary/aromatic N) is 1. The highest BCUT2D eigenvalue weighted by atomic mass is 79.9. The van der Waals surface area contributed by atoms with E-state index in [1.807, 2.05) is 13.8 Å². The number of hydrogen-bond acceptors (Lipinski definition) is 4. The van der Waals surface area contributed by atoms with Crippen molar-refractivity contribution in [3.05, 3.63) is 28.0 Å². The van der Waals surface area contributed by atoms with Crippen LogP contribution in [0.3, 0.4) is 0 Å². The third-order valence-corrected chi connectivity index (χ3v) is 6.82. The molecule has 8 heteroatoms. The van der Waals surface area contributed by atoms with E-state index in [1.54, 1.807) is 11.8 Å². The van der Waals surface area contributed by atoms with Crippen molar-refractivity contribution in [2.24, 2.45) is 5.73 Å². The van der Waals surface area contributed by atoms with Crippen LogP contribution in [0.25, 0.3) is 0 Å². The molecule has 1 fully saturated rings. The molecule has 1 aromatic carbocycles. The fraction of sp³-hybridized carbons (Fsp3) is 0.538. The predicted molar refractivity (Wildman–Crippen MR) is 87.3 cm³/mol. The van der Waals surface area contributed by atoms with Crippen molar-refractivity contribution in [1.82, 2.24) is 4.31 Å². The summed E-state index contributed by atoms with van der Waals surface area (Å²) in [6, 6.07) is 2.81. The quantitative estimate of drug-likeness (QED) is 0.852. The molecular formula is C13H18BrFN2O2S2. The third kappa shape index (κ3) is 3.61. The minimum atomic E-state index is -3.85. The molecule has 0 bridgehead atoms. The number of rotatable bonds is 3. The van der Waals surface area contributed by atoms with Gasteiger partial charge in [-0.3, -0.25) is 0 Å². The molecule has 2 N–H and O–H groups in total. The summed E-state index contributed by atoms with van der Waals surface area (Å²) < 4.78 is 41.7. The van der Waals surface area contributed by atoms with Crippen molar-refractivity contribution in [3.63, 3.8) is 0 Å². The van der Waals surface area contributed by atoms with Crippen LogP contribution < -0.4 is 5.73 Å². The van der Waals surface area contributed by atoms with E-state index in [1.165, 1.54) is 16.4 Å². The van der Waals surface area contributed by atoms with Gasteiger partial charge in [-0.25, -0.2) is 12.8 Å². The molecule has 2 unspecified atom stereocenters. The van der Waals surface area contributed by atoms with Crippen molar-refractivity contribution < 1.29 is 12.8 Å². The molecule has 21 heavy (non-hydrogen) atoms. The number of sulfonamides is 1. The molecule has 1 aliphatic heterocycles. The maximum atomic E-state index is 14.4. The number of halogens is 2. The van der Waals surface area contributed by atoms with Crippen LogP contribution >= 0.6 is 27.7 Å². The van der Waals surface area contributed by atoms with Crippen molar-refractivity contribution in [3.8, 4) is 0 Å². The first-order valence-electron chi connectivity index (χ1n) is 6.59. The van der Waals surface area contributed by atoms with Gasteiger partial charge >= 0.3 is 0 Å². The highest BCUT2D eigenvalue weighted by molar-refractivity contribution is 9.10. The standard InChI is InChI=1S/C13H18BrFN2O2S2/c1-8-6-17(7-9(2)20-8)21(18,19)12-4-11(14)3-10(5-16)13(12)15/h3-4,8-9H,5-7,16H2,1-2H3. The molecule has 118 valence electrons. The lowest BCUT2D eigenvalue weighted by Gasteiger charge is -2.33. The normalized spacial score (nSPS) is 24.2. The van der Waals surface area contributed by atoms with Gasteiger partial charge in [-0.15, -0.1) is 0 Å².